The molecule has 0 aromatic rings. The summed E-state index contributed by atoms with van der Waals surface area (Å²) in [5.41, 5.74) is -0.827. The third-order valence-corrected chi connectivity index (χ3v) is 3.38. The Morgan fingerprint density at radius 2 is 1.76 bits per heavy atom. The number of amides is 1. The number of ether oxygens (including phenoxy) is 5. The van der Waals surface area contributed by atoms with Gasteiger partial charge in [-0.25, -0.2) is 4.79 Å². The molecule has 1 amide bonds. The van der Waals surface area contributed by atoms with Crippen LogP contribution in [-0.4, -0.2) is 71.7 Å². The van der Waals surface area contributed by atoms with Gasteiger partial charge in [-0.05, 0) is 20.8 Å². The van der Waals surface area contributed by atoms with E-state index < -0.39 is 66.5 Å². The van der Waals surface area contributed by atoms with Gasteiger partial charge >= 0.3 is 24.0 Å². The van der Waals surface area contributed by atoms with Crippen molar-refractivity contribution < 1.29 is 48.1 Å². The maximum Gasteiger partial charge on any atom is 0.408 e. The van der Waals surface area contributed by atoms with Crippen LogP contribution in [0.2, 0.25) is 0 Å². The van der Waals surface area contributed by atoms with Crippen molar-refractivity contribution in [1.29, 1.82) is 0 Å². The quantitative estimate of drug-likeness (QED) is 0.269. The van der Waals surface area contributed by atoms with Crippen LogP contribution in [0.5, 0.6) is 0 Å². The van der Waals surface area contributed by atoms with Gasteiger partial charge in [-0.1, -0.05) is 5.16 Å². The monoisotopic (exact) mass is 418 g/mol. The molecule has 0 aromatic carbocycles. The third-order valence-electron chi connectivity index (χ3n) is 3.38. The molecular formula is C17H26N2O10. The van der Waals surface area contributed by atoms with Gasteiger partial charge in [0.05, 0.1) is 0 Å². The second-order valence-electron chi connectivity index (χ2n) is 7.17. The first kappa shape index (κ1) is 24.0. The number of oxime groups is 1. The maximum absolute atomic E-state index is 12.2. The topological polar surface area (TPSA) is 159 Å². The standard InChI is InChI=1S/C17H26N2O10/c1-8(20)25-7-11(26-9(2)21)13-14(27-10(3)22)12(15(19-24)28-13)18-16(23)29-17(4,5)6/h11-14,24H,7H2,1-6H3,(H,18,23)/b19-15-/t11?,12?,13-,14+/m0/s1. The minimum Gasteiger partial charge on any atom is -0.466 e. The molecule has 12 heteroatoms. The van der Waals surface area contributed by atoms with Gasteiger partial charge in [0.1, 0.15) is 12.2 Å². The van der Waals surface area contributed by atoms with Gasteiger partial charge in [-0.15, -0.1) is 0 Å². The van der Waals surface area contributed by atoms with Crippen molar-refractivity contribution in [2.24, 2.45) is 5.16 Å². The van der Waals surface area contributed by atoms with E-state index >= 15 is 0 Å². The van der Waals surface area contributed by atoms with Gasteiger partial charge in [0.25, 0.3) is 5.90 Å². The van der Waals surface area contributed by atoms with E-state index in [-0.39, 0.29) is 0 Å². The molecule has 1 fully saturated rings. The van der Waals surface area contributed by atoms with Crippen molar-refractivity contribution in [2.45, 2.75) is 71.5 Å². The molecule has 2 unspecified atom stereocenters. The van der Waals surface area contributed by atoms with Crippen LogP contribution < -0.4 is 5.32 Å². The molecule has 1 aliphatic heterocycles. The SMILES string of the molecule is CC(=O)OCC(OC(C)=O)[C@@H]1O/C(=N\O)C(NC(=O)OC(C)(C)C)[C@H]1OC(C)=O. The summed E-state index contributed by atoms with van der Waals surface area (Å²) in [7, 11) is 0. The first-order valence-electron chi connectivity index (χ1n) is 8.70. The largest absolute Gasteiger partial charge is 0.466 e. The fourth-order valence-electron chi connectivity index (χ4n) is 2.50. The van der Waals surface area contributed by atoms with Crippen LogP contribution in [0.1, 0.15) is 41.5 Å². The lowest BCUT2D eigenvalue weighted by Gasteiger charge is -2.27. The van der Waals surface area contributed by atoms with Gasteiger partial charge in [-0.2, -0.15) is 0 Å². The molecule has 0 aliphatic carbocycles. The number of carbonyl (C=O) groups excluding carboxylic acids is 4. The Morgan fingerprint density at radius 3 is 2.21 bits per heavy atom. The number of esters is 3. The molecule has 12 nitrogen and oxygen atoms in total. The lowest BCUT2D eigenvalue weighted by atomic mass is 10.0. The summed E-state index contributed by atoms with van der Waals surface area (Å²) < 4.78 is 25.8. The number of nitrogens with one attached hydrogen (secondary N) is 1. The molecule has 0 aromatic heterocycles. The fourth-order valence-corrected chi connectivity index (χ4v) is 2.50. The second-order valence-corrected chi connectivity index (χ2v) is 7.17. The zero-order chi connectivity index (χ0) is 22.4. The first-order valence-corrected chi connectivity index (χ1v) is 8.70. The molecule has 0 saturated carbocycles. The smallest absolute Gasteiger partial charge is 0.408 e. The summed E-state index contributed by atoms with van der Waals surface area (Å²) in [6.07, 6.45) is -4.63. The van der Waals surface area contributed by atoms with Crippen LogP contribution in [0.25, 0.3) is 0 Å². The van der Waals surface area contributed by atoms with Gasteiger partial charge in [0.15, 0.2) is 24.4 Å². The molecule has 1 heterocycles. The van der Waals surface area contributed by atoms with Gasteiger partial charge in [-0.3, -0.25) is 14.4 Å². The Bertz CT molecular complexity index is 670. The summed E-state index contributed by atoms with van der Waals surface area (Å²) >= 11 is 0. The van der Waals surface area contributed by atoms with Crippen LogP contribution in [0.4, 0.5) is 4.79 Å². The zero-order valence-electron chi connectivity index (χ0n) is 17.1. The Labute approximate surface area is 167 Å². The Balaban J connectivity index is 3.17. The van der Waals surface area contributed by atoms with E-state index in [1.165, 1.54) is 0 Å². The van der Waals surface area contributed by atoms with Crippen molar-refractivity contribution >= 4 is 29.9 Å². The summed E-state index contributed by atoms with van der Waals surface area (Å²) in [6.45, 7) is 7.88. The minimum atomic E-state index is -1.27. The average Bonchev–Trinajstić information content (AvgIpc) is 2.86. The normalized spacial score (nSPS) is 23.5. The number of nitrogens with zero attached hydrogens (tertiary/aromatic N) is 1. The van der Waals surface area contributed by atoms with E-state index in [4.69, 9.17) is 23.7 Å². The average molecular weight is 418 g/mol. The van der Waals surface area contributed by atoms with E-state index in [9.17, 15) is 24.4 Å². The van der Waals surface area contributed by atoms with Gasteiger partial charge in [0.2, 0.25) is 0 Å². The molecule has 0 bridgehead atoms. The highest BCUT2D eigenvalue weighted by molar-refractivity contribution is 5.88. The number of hydrogen-bond acceptors (Lipinski definition) is 11. The molecule has 4 atom stereocenters. The number of rotatable bonds is 6. The molecule has 29 heavy (non-hydrogen) atoms. The second kappa shape index (κ2) is 9.94. The number of hydrogen-bond donors (Lipinski definition) is 2. The third kappa shape index (κ3) is 7.84. The minimum absolute atomic E-state index is 0.410. The van der Waals surface area contributed by atoms with Crippen molar-refractivity contribution in [1.82, 2.24) is 5.32 Å². The number of carbonyl (C=O) groups is 4. The molecule has 0 radical (unpaired) electrons. The lowest BCUT2D eigenvalue weighted by molar-refractivity contribution is -0.171. The van der Waals surface area contributed by atoms with E-state index in [0.717, 1.165) is 20.8 Å². The summed E-state index contributed by atoms with van der Waals surface area (Å²) in [5, 5.41) is 14.6. The van der Waals surface area contributed by atoms with Crippen LogP contribution in [0.15, 0.2) is 5.16 Å². The lowest BCUT2D eigenvalue weighted by Crippen LogP contribution is -2.52. The van der Waals surface area contributed by atoms with E-state index in [2.05, 4.69) is 10.5 Å². The highest BCUT2D eigenvalue weighted by atomic mass is 16.6. The predicted octanol–water partition coefficient (Wildman–Crippen LogP) is 0.493. The molecule has 1 rings (SSSR count). The molecule has 0 spiro atoms. The van der Waals surface area contributed by atoms with E-state index in [0.29, 0.717) is 0 Å². The summed E-state index contributed by atoms with van der Waals surface area (Å²) in [5.74, 6) is -2.53. The van der Waals surface area contributed by atoms with E-state index in [1.807, 2.05) is 0 Å². The van der Waals surface area contributed by atoms with Crippen molar-refractivity contribution in [3.8, 4) is 0 Å². The summed E-state index contributed by atoms with van der Waals surface area (Å²) in [4.78, 5) is 46.4. The van der Waals surface area contributed by atoms with Gasteiger partial charge in [0, 0.05) is 20.8 Å². The summed E-state index contributed by atoms with van der Waals surface area (Å²) in [6, 6.07) is -1.25. The highest BCUT2D eigenvalue weighted by Gasteiger charge is 2.52. The van der Waals surface area contributed by atoms with Crippen LogP contribution in [0, 0.1) is 0 Å². The zero-order valence-corrected chi connectivity index (χ0v) is 17.1. The molecule has 164 valence electrons. The highest BCUT2D eigenvalue weighted by Crippen LogP contribution is 2.26. The molecular weight excluding hydrogens is 392 g/mol. The van der Waals surface area contributed by atoms with Crippen LogP contribution >= 0.6 is 0 Å². The Hall–Kier alpha value is -3.05. The Morgan fingerprint density at radius 1 is 1.14 bits per heavy atom. The molecule has 1 aliphatic rings. The van der Waals surface area contributed by atoms with Crippen molar-refractivity contribution in [3.63, 3.8) is 0 Å². The first-order chi connectivity index (χ1) is 13.3. The van der Waals surface area contributed by atoms with Crippen molar-refractivity contribution in [3.05, 3.63) is 0 Å². The van der Waals surface area contributed by atoms with Crippen LogP contribution in [-0.2, 0) is 38.1 Å². The molecule has 1 saturated heterocycles. The number of alkyl carbamates (subject to hydrolysis) is 1. The maximum atomic E-state index is 12.2. The molecule has 2 N–H and O–H groups in total. The fraction of sp³-hybridized carbons (Fsp3) is 0.706. The van der Waals surface area contributed by atoms with E-state index in [1.54, 1.807) is 20.8 Å². The van der Waals surface area contributed by atoms with Gasteiger partial charge < -0.3 is 34.2 Å². The predicted molar refractivity (Wildman–Crippen MR) is 95.0 cm³/mol. The van der Waals surface area contributed by atoms with Crippen LogP contribution in [0.3, 0.4) is 0 Å². The van der Waals surface area contributed by atoms with Crippen molar-refractivity contribution in [2.75, 3.05) is 6.61 Å². The Kier molecular flexibility index (Phi) is 8.22.